The Labute approximate surface area is 164 Å². The zero-order valence-electron chi connectivity index (χ0n) is 14.0. The van der Waals surface area contributed by atoms with Crippen molar-refractivity contribution >= 4 is 41.5 Å². The molecule has 24 heavy (non-hydrogen) atoms. The number of aromatic nitrogens is 1. The first-order valence-electron chi connectivity index (χ1n) is 7.72. The molecule has 0 amide bonds. The molecule has 0 aliphatic heterocycles. The average Bonchev–Trinajstić information content (AvgIpc) is 3.22. The largest absolute Gasteiger partial charge is 0.444 e. The summed E-state index contributed by atoms with van der Waals surface area (Å²) in [5.74, 6) is 2.77. The third kappa shape index (κ3) is 4.63. The van der Waals surface area contributed by atoms with Gasteiger partial charge in [0.05, 0.1) is 12.2 Å². The molecule has 7 heteroatoms. The molecule has 1 fully saturated rings. The van der Waals surface area contributed by atoms with Gasteiger partial charge in [0.1, 0.15) is 5.76 Å². The Bertz CT molecular complexity index is 712. The van der Waals surface area contributed by atoms with Gasteiger partial charge in [0, 0.05) is 24.0 Å². The molecule has 2 N–H and O–H groups in total. The molecule has 1 heterocycles. The lowest BCUT2D eigenvalue weighted by Crippen LogP contribution is -2.38. The van der Waals surface area contributed by atoms with E-state index in [2.05, 4.69) is 26.7 Å². The van der Waals surface area contributed by atoms with Crippen LogP contribution in [0.4, 0.5) is 0 Å². The highest BCUT2D eigenvalue weighted by molar-refractivity contribution is 14.0. The molecule has 2 unspecified atom stereocenters. The van der Waals surface area contributed by atoms with Gasteiger partial charge >= 0.3 is 0 Å². The molecule has 130 valence electrons. The summed E-state index contributed by atoms with van der Waals surface area (Å²) in [4.78, 5) is 8.61. The fourth-order valence-electron chi connectivity index (χ4n) is 2.60. The van der Waals surface area contributed by atoms with Crippen molar-refractivity contribution in [2.24, 2.45) is 4.99 Å². The summed E-state index contributed by atoms with van der Waals surface area (Å²) >= 11 is 6.06. The average molecular weight is 461 g/mol. The molecule has 1 saturated carbocycles. The van der Waals surface area contributed by atoms with E-state index >= 15 is 0 Å². The summed E-state index contributed by atoms with van der Waals surface area (Å²) < 4.78 is 5.56. The van der Waals surface area contributed by atoms with Crippen LogP contribution in [0.25, 0.3) is 0 Å². The molecule has 0 spiro atoms. The second kappa shape index (κ2) is 8.20. The SMILES string of the molecule is CN=C(NCc1nc(C)c(C)o1)NC1CC1c1cccc(Cl)c1.I. The van der Waals surface area contributed by atoms with Gasteiger partial charge in [-0.3, -0.25) is 4.99 Å². The van der Waals surface area contributed by atoms with Gasteiger partial charge in [0.2, 0.25) is 5.89 Å². The molecule has 1 aliphatic rings. The van der Waals surface area contributed by atoms with Crippen molar-refractivity contribution in [2.45, 2.75) is 38.8 Å². The summed E-state index contributed by atoms with van der Waals surface area (Å²) in [5.41, 5.74) is 2.19. The van der Waals surface area contributed by atoms with E-state index in [0.717, 1.165) is 28.9 Å². The van der Waals surface area contributed by atoms with E-state index in [1.54, 1.807) is 7.05 Å². The monoisotopic (exact) mass is 460 g/mol. The Hall–Kier alpha value is -1.28. The molecule has 0 saturated heterocycles. The topological polar surface area (TPSA) is 62.5 Å². The van der Waals surface area contributed by atoms with Gasteiger partial charge in [0.25, 0.3) is 0 Å². The van der Waals surface area contributed by atoms with Gasteiger partial charge in [-0.1, -0.05) is 23.7 Å². The van der Waals surface area contributed by atoms with Crippen molar-refractivity contribution in [3.05, 3.63) is 52.2 Å². The van der Waals surface area contributed by atoms with Crippen molar-refractivity contribution in [1.29, 1.82) is 0 Å². The Morgan fingerprint density at radius 3 is 2.83 bits per heavy atom. The van der Waals surface area contributed by atoms with E-state index in [0.29, 0.717) is 24.4 Å². The molecule has 1 aromatic heterocycles. The van der Waals surface area contributed by atoms with Crippen LogP contribution in [-0.2, 0) is 6.54 Å². The second-order valence-corrected chi connectivity index (χ2v) is 6.26. The van der Waals surface area contributed by atoms with Gasteiger partial charge in [0.15, 0.2) is 5.96 Å². The lowest BCUT2D eigenvalue weighted by Gasteiger charge is -2.10. The number of halogens is 2. The molecule has 1 aliphatic carbocycles. The number of guanidine groups is 1. The summed E-state index contributed by atoms with van der Waals surface area (Å²) in [6, 6.07) is 8.42. The summed E-state index contributed by atoms with van der Waals surface area (Å²) in [6.07, 6.45) is 1.08. The third-order valence-corrected chi connectivity index (χ3v) is 4.33. The molecule has 0 radical (unpaired) electrons. The van der Waals surface area contributed by atoms with Gasteiger partial charge < -0.3 is 15.1 Å². The maximum atomic E-state index is 6.06. The number of oxazole rings is 1. The number of aliphatic imine (C=N–C) groups is 1. The lowest BCUT2D eigenvalue weighted by molar-refractivity contribution is 0.463. The molecular weight excluding hydrogens is 439 g/mol. The van der Waals surface area contributed by atoms with E-state index in [9.17, 15) is 0 Å². The van der Waals surface area contributed by atoms with E-state index in [1.807, 2.05) is 32.0 Å². The van der Waals surface area contributed by atoms with Gasteiger partial charge in [-0.2, -0.15) is 0 Å². The summed E-state index contributed by atoms with van der Waals surface area (Å²) in [6.45, 7) is 4.37. The van der Waals surface area contributed by atoms with Crippen LogP contribution in [0.5, 0.6) is 0 Å². The molecule has 5 nitrogen and oxygen atoms in total. The van der Waals surface area contributed by atoms with Crippen molar-refractivity contribution in [3.63, 3.8) is 0 Å². The highest BCUT2D eigenvalue weighted by Gasteiger charge is 2.39. The number of nitrogens with zero attached hydrogens (tertiary/aromatic N) is 2. The van der Waals surface area contributed by atoms with Crippen LogP contribution in [0.2, 0.25) is 5.02 Å². The van der Waals surface area contributed by atoms with Crippen LogP contribution in [0.3, 0.4) is 0 Å². The molecule has 2 atom stereocenters. The van der Waals surface area contributed by atoms with Crippen molar-refractivity contribution in [3.8, 4) is 0 Å². The third-order valence-electron chi connectivity index (χ3n) is 4.09. The fourth-order valence-corrected chi connectivity index (χ4v) is 2.80. The Balaban J connectivity index is 0.00000208. The predicted molar refractivity (Wildman–Crippen MR) is 107 cm³/mol. The molecule has 0 bridgehead atoms. The minimum absolute atomic E-state index is 0. The second-order valence-electron chi connectivity index (χ2n) is 5.82. The zero-order valence-corrected chi connectivity index (χ0v) is 17.1. The first-order valence-corrected chi connectivity index (χ1v) is 8.10. The maximum Gasteiger partial charge on any atom is 0.214 e. The molecule has 3 rings (SSSR count). The minimum Gasteiger partial charge on any atom is -0.444 e. The van der Waals surface area contributed by atoms with E-state index in [1.165, 1.54) is 5.56 Å². The van der Waals surface area contributed by atoms with Crippen molar-refractivity contribution in [1.82, 2.24) is 15.6 Å². The smallest absolute Gasteiger partial charge is 0.214 e. The fraction of sp³-hybridized carbons (Fsp3) is 0.412. The van der Waals surface area contributed by atoms with Crippen LogP contribution in [0.15, 0.2) is 33.7 Å². The van der Waals surface area contributed by atoms with Crippen LogP contribution in [0.1, 0.15) is 35.2 Å². The number of benzene rings is 1. The standard InChI is InChI=1S/C17H21ClN4O.HI/c1-10-11(2)23-16(21-10)9-20-17(19-3)22-15-8-14(15)12-5-4-6-13(18)7-12;/h4-7,14-15H,8-9H2,1-3H3,(H2,19,20,22);1H. The molecular formula is C17H22ClIN4O. The van der Waals surface area contributed by atoms with Gasteiger partial charge in [-0.05, 0) is 38.0 Å². The van der Waals surface area contributed by atoms with Gasteiger partial charge in [-0.15, -0.1) is 24.0 Å². The van der Waals surface area contributed by atoms with E-state index < -0.39 is 0 Å². The number of hydrogen-bond acceptors (Lipinski definition) is 3. The van der Waals surface area contributed by atoms with Crippen LogP contribution in [0, 0.1) is 13.8 Å². The molecule has 1 aromatic carbocycles. The molecule has 2 aromatic rings. The quantitative estimate of drug-likeness (QED) is 0.414. The predicted octanol–water partition coefficient (Wildman–Crippen LogP) is 3.78. The maximum absolute atomic E-state index is 6.06. The Kier molecular flexibility index (Phi) is 6.51. The lowest BCUT2D eigenvalue weighted by atomic mass is 10.1. The Morgan fingerprint density at radius 1 is 1.42 bits per heavy atom. The number of aryl methyl sites for hydroxylation is 2. The first kappa shape index (κ1) is 19.1. The van der Waals surface area contributed by atoms with Crippen LogP contribution >= 0.6 is 35.6 Å². The van der Waals surface area contributed by atoms with Crippen LogP contribution in [-0.4, -0.2) is 24.0 Å². The summed E-state index contributed by atoms with van der Waals surface area (Å²) in [7, 11) is 1.76. The number of hydrogen-bond donors (Lipinski definition) is 2. The number of rotatable bonds is 4. The van der Waals surface area contributed by atoms with E-state index in [4.69, 9.17) is 16.0 Å². The highest BCUT2D eigenvalue weighted by atomic mass is 127. The minimum atomic E-state index is 0. The normalized spacial score (nSPS) is 19.6. The highest BCUT2D eigenvalue weighted by Crippen LogP contribution is 2.41. The van der Waals surface area contributed by atoms with Crippen LogP contribution < -0.4 is 10.6 Å². The van der Waals surface area contributed by atoms with Crippen molar-refractivity contribution < 1.29 is 4.42 Å². The number of nitrogens with one attached hydrogen (secondary N) is 2. The van der Waals surface area contributed by atoms with Crippen molar-refractivity contribution in [2.75, 3.05) is 7.05 Å². The van der Waals surface area contributed by atoms with E-state index in [-0.39, 0.29) is 24.0 Å². The zero-order chi connectivity index (χ0) is 16.4. The Morgan fingerprint density at radius 2 is 2.21 bits per heavy atom. The summed E-state index contributed by atoms with van der Waals surface area (Å²) in [5, 5.41) is 7.45. The van der Waals surface area contributed by atoms with Gasteiger partial charge in [-0.25, -0.2) is 4.98 Å². The first-order chi connectivity index (χ1) is 11.1.